The number of methoxy groups -OCH3 is 1. The molecule has 2 atom stereocenters. The van der Waals surface area contributed by atoms with Gasteiger partial charge in [-0.05, 0) is 42.0 Å². The standard InChI is InChI=1S/C35H31N2O4PS.HI/c1-41-35(40)32-26(24-43-34-31(33(39)37(32)34)36-30(38)22-25-14-6-2-7-15-25)23-42(27-16-8-3-9-17-27,28-18-10-4-11-19-28)29-20-12-5-13-21-29;/h2-21,31,34H,22-24H2,1H3;1H/t31-,34-;/m1./s1. The highest BCUT2D eigenvalue weighted by Gasteiger charge is 2.56. The summed E-state index contributed by atoms with van der Waals surface area (Å²) < 4.78 is 5.27. The van der Waals surface area contributed by atoms with Crippen LogP contribution in [0.4, 0.5) is 0 Å². The maximum Gasteiger partial charge on any atom is 0.354 e. The van der Waals surface area contributed by atoms with Crippen LogP contribution in [0.15, 0.2) is 133 Å². The lowest BCUT2D eigenvalue weighted by molar-refractivity contribution is -0.151. The molecule has 4 aromatic carbocycles. The van der Waals surface area contributed by atoms with E-state index in [9.17, 15) is 14.4 Å². The zero-order chi connectivity index (χ0) is 29.8. The van der Waals surface area contributed by atoms with Gasteiger partial charge < -0.3 is 34.0 Å². The smallest absolute Gasteiger partial charge is 0.354 e. The van der Waals surface area contributed by atoms with Crippen molar-refractivity contribution in [2.75, 3.05) is 19.0 Å². The van der Waals surface area contributed by atoms with Crippen LogP contribution in [0.25, 0.3) is 0 Å². The van der Waals surface area contributed by atoms with Crippen LogP contribution >= 0.6 is 19.0 Å². The third kappa shape index (κ3) is 6.08. The quantitative estimate of drug-likeness (QED) is 0.121. The van der Waals surface area contributed by atoms with Crippen molar-refractivity contribution in [3.05, 3.63) is 138 Å². The van der Waals surface area contributed by atoms with Gasteiger partial charge in [0, 0.05) is 11.3 Å². The molecule has 2 heterocycles. The molecular weight excluding hydrogens is 702 g/mol. The lowest BCUT2D eigenvalue weighted by atomic mass is 10.0. The lowest BCUT2D eigenvalue weighted by Gasteiger charge is -2.50. The lowest BCUT2D eigenvalue weighted by Crippen LogP contribution is -3.00. The second kappa shape index (κ2) is 14.1. The second-order valence-electron chi connectivity index (χ2n) is 10.5. The first-order chi connectivity index (χ1) is 21.0. The molecule has 0 spiro atoms. The Labute approximate surface area is 279 Å². The number of ether oxygens (including phenoxy) is 1. The number of β-lactam (4-membered cyclic amide) rings is 1. The number of hydrogen-bond donors (Lipinski definition) is 1. The third-order valence-electron chi connectivity index (χ3n) is 7.97. The number of fused-ring (bicyclic) bond motifs is 1. The van der Waals surface area contributed by atoms with Crippen LogP contribution in [0.3, 0.4) is 0 Å². The molecule has 9 heteroatoms. The fourth-order valence-electron chi connectivity index (χ4n) is 5.95. The first-order valence-corrected chi connectivity index (χ1v) is 17.2. The molecule has 224 valence electrons. The largest absolute Gasteiger partial charge is 1.00 e. The van der Waals surface area contributed by atoms with Crippen molar-refractivity contribution in [2.24, 2.45) is 0 Å². The van der Waals surface area contributed by atoms with Crippen molar-refractivity contribution in [2.45, 2.75) is 17.8 Å². The summed E-state index contributed by atoms with van der Waals surface area (Å²) in [6.07, 6.45) is 0.759. The highest BCUT2D eigenvalue weighted by atomic mass is 127. The van der Waals surface area contributed by atoms with E-state index >= 15 is 0 Å². The van der Waals surface area contributed by atoms with Crippen molar-refractivity contribution < 1.29 is 43.1 Å². The van der Waals surface area contributed by atoms with Crippen molar-refractivity contribution in [3.63, 3.8) is 0 Å². The monoisotopic (exact) mass is 734 g/mol. The number of rotatable bonds is 9. The number of halogens is 1. The summed E-state index contributed by atoms with van der Waals surface area (Å²) in [6.45, 7) is 0. The first kappa shape index (κ1) is 31.9. The van der Waals surface area contributed by atoms with E-state index in [0.29, 0.717) is 17.6 Å². The Morgan fingerprint density at radius 2 is 1.30 bits per heavy atom. The topological polar surface area (TPSA) is 75.7 Å². The zero-order valence-electron chi connectivity index (χ0n) is 24.1. The summed E-state index contributed by atoms with van der Waals surface area (Å²) in [6, 6.07) is 40.1. The van der Waals surface area contributed by atoms with Crippen molar-refractivity contribution in [3.8, 4) is 0 Å². The molecule has 0 bridgehead atoms. The minimum Gasteiger partial charge on any atom is -1.00 e. The van der Waals surface area contributed by atoms with Gasteiger partial charge in [0.05, 0.1) is 19.7 Å². The average Bonchev–Trinajstić information content (AvgIpc) is 3.07. The molecule has 1 N–H and O–H groups in total. The van der Waals surface area contributed by atoms with Crippen LogP contribution in [-0.2, 0) is 25.5 Å². The number of thioether (sulfide) groups is 1. The van der Waals surface area contributed by atoms with E-state index in [1.54, 1.807) is 16.7 Å². The highest BCUT2D eigenvalue weighted by molar-refractivity contribution is 8.00. The summed E-state index contributed by atoms with van der Waals surface area (Å²) in [4.78, 5) is 41.4. The van der Waals surface area contributed by atoms with Gasteiger partial charge in [-0.15, -0.1) is 11.8 Å². The van der Waals surface area contributed by atoms with Gasteiger partial charge >= 0.3 is 5.97 Å². The van der Waals surface area contributed by atoms with Gasteiger partial charge in [-0.2, -0.15) is 0 Å². The van der Waals surface area contributed by atoms with E-state index in [1.165, 1.54) is 23.0 Å². The molecule has 2 amide bonds. The fraction of sp³-hybridized carbons (Fsp3) is 0.171. The fourth-order valence-corrected chi connectivity index (χ4v) is 11.8. The highest BCUT2D eigenvalue weighted by Crippen LogP contribution is 2.58. The zero-order valence-corrected chi connectivity index (χ0v) is 28.0. The maximum absolute atomic E-state index is 13.6. The molecule has 6 nitrogen and oxygen atoms in total. The number of amides is 2. The molecule has 0 aliphatic carbocycles. The molecule has 0 radical (unpaired) electrons. The molecule has 1 fully saturated rings. The van der Waals surface area contributed by atoms with E-state index in [4.69, 9.17) is 4.74 Å². The Kier molecular flexibility index (Phi) is 10.2. The number of carbonyl (C=O) groups is 3. The van der Waals surface area contributed by atoms with Crippen LogP contribution < -0.4 is 45.2 Å². The van der Waals surface area contributed by atoms with Gasteiger partial charge in [0.2, 0.25) is 5.91 Å². The van der Waals surface area contributed by atoms with Crippen LogP contribution in [0.2, 0.25) is 0 Å². The van der Waals surface area contributed by atoms with Crippen molar-refractivity contribution in [1.82, 2.24) is 10.2 Å². The van der Waals surface area contributed by atoms with Crippen LogP contribution in [0.5, 0.6) is 0 Å². The molecule has 0 unspecified atom stereocenters. The number of benzene rings is 4. The van der Waals surface area contributed by atoms with Crippen LogP contribution in [0.1, 0.15) is 5.56 Å². The third-order valence-corrected chi connectivity index (χ3v) is 13.7. The predicted molar refractivity (Wildman–Crippen MR) is 174 cm³/mol. The van der Waals surface area contributed by atoms with Gasteiger partial charge in [0.25, 0.3) is 5.91 Å². The molecule has 1 saturated heterocycles. The van der Waals surface area contributed by atoms with E-state index in [2.05, 4.69) is 78.1 Å². The van der Waals surface area contributed by atoms with Gasteiger partial charge in [-0.3, -0.25) is 14.5 Å². The molecule has 2 aliphatic heterocycles. The minimum absolute atomic E-state index is 0. The minimum atomic E-state index is -2.31. The molecule has 4 aromatic rings. The van der Waals surface area contributed by atoms with E-state index in [-0.39, 0.29) is 47.6 Å². The number of nitrogens with one attached hydrogen (secondary N) is 1. The van der Waals surface area contributed by atoms with Crippen molar-refractivity contribution >= 4 is 52.7 Å². The molecule has 2 aliphatic rings. The molecule has 44 heavy (non-hydrogen) atoms. The number of hydrogen-bond acceptors (Lipinski definition) is 5. The number of nitrogens with zero attached hydrogens (tertiary/aromatic N) is 1. The summed E-state index contributed by atoms with van der Waals surface area (Å²) in [5.41, 5.74) is 2.05. The maximum atomic E-state index is 13.6. The summed E-state index contributed by atoms with van der Waals surface area (Å²) in [5.74, 6) is -0.506. The second-order valence-corrected chi connectivity index (χ2v) is 15.1. The van der Waals surface area contributed by atoms with Gasteiger partial charge in [-0.1, -0.05) is 84.9 Å². The first-order valence-electron chi connectivity index (χ1n) is 14.2. The summed E-state index contributed by atoms with van der Waals surface area (Å²) in [5, 5.41) is 6.12. The molecule has 0 saturated carbocycles. The molecular formula is C35H32IN2O4PS. The Morgan fingerprint density at radius 1 is 0.818 bits per heavy atom. The van der Waals surface area contributed by atoms with E-state index < -0.39 is 19.3 Å². The van der Waals surface area contributed by atoms with E-state index in [0.717, 1.165) is 11.1 Å². The Hall–Kier alpha value is -3.46. The Balaban J connectivity index is 0.00000384. The van der Waals surface area contributed by atoms with Gasteiger partial charge in [0.1, 0.15) is 40.3 Å². The number of esters is 1. The molecule has 0 aromatic heterocycles. The normalized spacial score (nSPS) is 17.6. The molecule has 6 rings (SSSR count). The van der Waals surface area contributed by atoms with Crippen molar-refractivity contribution in [1.29, 1.82) is 0 Å². The van der Waals surface area contributed by atoms with Crippen LogP contribution in [0, 0.1) is 0 Å². The van der Waals surface area contributed by atoms with E-state index in [1.807, 2.05) is 48.5 Å². The Morgan fingerprint density at radius 3 is 1.77 bits per heavy atom. The number of carbonyl (C=O) groups excluding carboxylic acids is 3. The summed E-state index contributed by atoms with van der Waals surface area (Å²) >= 11 is 1.58. The van der Waals surface area contributed by atoms with Gasteiger partial charge in [-0.25, -0.2) is 4.79 Å². The Bertz CT molecular complexity index is 1560. The summed E-state index contributed by atoms with van der Waals surface area (Å²) in [7, 11) is -0.966. The van der Waals surface area contributed by atoms with Crippen LogP contribution in [-0.4, -0.2) is 53.1 Å². The SMILES string of the molecule is COC(=O)C1=C(C[P+](c2ccccc2)(c2ccccc2)c2ccccc2)CS[C@@H]2[C@H](NC(=O)Cc3ccccc3)C(=O)N12.[I-]. The van der Waals surface area contributed by atoms with Gasteiger partial charge in [0.15, 0.2) is 0 Å². The average molecular weight is 735 g/mol. The predicted octanol–water partition coefficient (Wildman–Crippen LogP) is 1.05.